The Balaban J connectivity index is 1.83. The van der Waals surface area contributed by atoms with Gasteiger partial charge in [-0.3, -0.25) is 4.79 Å². The molecule has 1 atom stereocenters. The molecule has 2 rings (SSSR count). The number of carbonyl (C=O) groups is 1. The van der Waals surface area contributed by atoms with E-state index in [-0.39, 0.29) is 12.0 Å². The molecule has 0 saturated carbocycles. The molecule has 134 valence electrons. The molecule has 1 amide bonds. The van der Waals surface area contributed by atoms with Crippen molar-refractivity contribution in [3.8, 4) is 11.5 Å². The third kappa shape index (κ3) is 5.38. The largest absolute Gasteiger partial charge is 0.497 e. The number of nitrogens with zero attached hydrogens (tertiary/aromatic N) is 1. The topological polar surface area (TPSA) is 84.9 Å². The molecule has 1 aromatic rings. The van der Waals surface area contributed by atoms with Gasteiger partial charge in [0.1, 0.15) is 17.6 Å². The Bertz CT molecular complexity index is 652. The van der Waals surface area contributed by atoms with Gasteiger partial charge in [0.05, 0.1) is 19.4 Å². The van der Waals surface area contributed by atoms with Crippen molar-refractivity contribution < 1.29 is 22.7 Å². The molecule has 24 heavy (non-hydrogen) atoms. The lowest BCUT2D eigenvalue weighted by Crippen LogP contribution is -2.50. The number of methoxy groups -OCH3 is 1. The van der Waals surface area contributed by atoms with Crippen molar-refractivity contribution in [2.75, 3.05) is 26.5 Å². The van der Waals surface area contributed by atoms with Gasteiger partial charge in [0, 0.05) is 25.9 Å². The number of hydrogen-bond donors (Lipinski definition) is 1. The molecule has 0 radical (unpaired) electrons. The Morgan fingerprint density at radius 1 is 1.21 bits per heavy atom. The summed E-state index contributed by atoms with van der Waals surface area (Å²) in [6, 6.07) is 6.64. The lowest BCUT2D eigenvalue weighted by atomic mass is 10.1. The minimum Gasteiger partial charge on any atom is -0.497 e. The van der Waals surface area contributed by atoms with Crippen LogP contribution in [0.4, 0.5) is 0 Å². The van der Waals surface area contributed by atoms with Crippen molar-refractivity contribution >= 4 is 15.9 Å². The zero-order valence-corrected chi connectivity index (χ0v) is 15.0. The predicted octanol–water partition coefficient (Wildman–Crippen LogP) is 1.00. The number of carbonyl (C=O) groups excluding carboxylic acids is 1. The van der Waals surface area contributed by atoms with Crippen LogP contribution in [0.3, 0.4) is 0 Å². The maximum Gasteiger partial charge on any atom is 0.240 e. The highest BCUT2D eigenvalue weighted by Gasteiger charge is 2.28. The van der Waals surface area contributed by atoms with Crippen molar-refractivity contribution in [3.05, 3.63) is 24.3 Å². The molecule has 0 spiro atoms. The molecule has 0 bridgehead atoms. The van der Waals surface area contributed by atoms with Gasteiger partial charge < -0.3 is 14.4 Å². The van der Waals surface area contributed by atoms with Gasteiger partial charge in [0.25, 0.3) is 0 Å². The van der Waals surface area contributed by atoms with Crippen molar-refractivity contribution in [1.82, 2.24) is 9.62 Å². The number of piperidine rings is 1. The number of sulfonamides is 1. The van der Waals surface area contributed by atoms with Crippen LogP contribution in [0.1, 0.15) is 19.8 Å². The average Bonchev–Trinajstić information content (AvgIpc) is 2.54. The normalized spacial score (nSPS) is 17.4. The van der Waals surface area contributed by atoms with Crippen molar-refractivity contribution in [2.45, 2.75) is 31.9 Å². The summed E-state index contributed by atoms with van der Waals surface area (Å²) in [6.45, 7) is 2.66. The molecule has 1 N–H and O–H groups in total. The highest BCUT2D eigenvalue weighted by atomic mass is 32.2. The first-order valence-corrected chi connectivity index (χ1v) is 9.74. The molecule has 0 unspecified atom stereocenters. The van der Waals surface area contributed by atoms with Crippen LogP contribution in [0.25, 0.3) is 0 Å². The number of ether oxygens (including phenoxy) is 2. The molecule has 1 saturated heterocycles. The second-order valence-electron chi connectivity index (χ2n) is 5.93. The van der Waals surface area contributed by atoms with E-state index in [9.17, 15) is 13.2 Å². The van der Waals surface area contributed by atoms with Gasteiger partial charge in [-0.05, 0) is 31.2 Å². The van der Waals surface area contributed by atoms with E-state index in [1.165, 1.54) is 0 Å². The standard InChI is InChI=1S/C16H24N2O5S/c1-12(17-24(3,20)21)16(19)18-10-8-15(9-11-18)23-14-6-4-13(22-2)5-7-14/h4-7,12,15,17H,8-11H2,1-3H3/t12-/m0/s1. The molecule has 1 aromatic carbocycles. The van der Waals surface area contributed by atoms with Crippen molar-refractivity contribution in [3.63, 3.8) is 0 Å². The zero-order chi connectivity index (χ0) is 17.7. The summed E-state index contributed by atoms with van der Waals surface area (Å²) >= 11 is 0. The number of likely N-dealkylation sites (tertiary alicyclic amines) is 1. The van der Waals surface area contributed by atoms with Crippen LogP contribution in [0.15, 0.2) is 24.3 Å². The summed E-state index contributed by atoms with van der Waals surface area (Å²) in [5.74, 6) is 1.34. The number of hydrogen-bond acceptors (Lipinski definition) is 5. The van der Waals surface area contributed by atoms with Gasteiger partial charge >= 0.3 is 0 Å². The third-order valence-electron chi connectivity index (χ3n) is 3.88. The maximum atomic E-state index is 12.3. The molecule has 0 aromatic heterocycles. The Morgan fingerprint density at radius 3 is 2.25 bits per heavy atom. The van der Waals surface area contributed by atoms with Crippen LogP contribution >= 0.6 is 0 Å². The smallest absolute Gasteiger partial charge is 0.240 e. The van der Waals surface area contributed by atoms with Crippen LogP contribution in [-0.2, 0) is 14.8 Å². The zero-order valence-electron chi connectivity index (χ0n) is 14.2. The van der Waals surface area contributed by atoms with Gasteiger partial charge in [-0.1, -0.05) is 0 Å². The minimum absolute atomic E-state index is 0.0422. The number of benzene rings is 1. The molecule has 8 heteroatoms. The lowest BCUT2D eigenvalue weighted by molar-refractivity contribution is -0.134. The Labute approximate surface area is 143 Å². The summed E-state index contributed by atoms with van der Waals surface area (Å²) in [4.78, 5) is 13.9. The Hall–Kier alpha value is -1.80. The monoisotopic (exact) mass is 356 g/mol. The van der Waals surface area contributed by atoms with Gasteiger partial charge in [0.2, 0.25) is 15.9 Å². The number of nitrogens with one attached hydrogen (secondary N) is 1. The first kappa shape index (κ1) is 18.5. The summed E-state index contributed by atoms with van der Waals surface area (Å²) < 4.78 is 35.8. The average molecular weight is 356 g/mol. The van der Waals surface area contributed by atoms with E-state index in [0.29, 0.717) is 25.9 Å². The molecule has 7 nitrogen and oxygen atoms in total. The van der Waals surface area contributed by atoms with Crippen LogP contribution in [-0.4, -0.2) is 57.8 Å². The van der Waals surface area contributed by atoms with Crippen LogP contribution < -0.4 is 14.2 Å². The first-order chi connectivity index (χ1) is 11.3. The quantitative estimate of drug-likeness (QED) is 0.822. The van der Waals surface area contributed by atoms with E-state index in [1.54, 1.807) is 18.9 Å². The van der Waals surface area contributed by atoms with E-state index in [0.717, 1.165) is 17.8 Å². The van der Waals surface area contributed by atoms with Gasteiger partial charge in [-0.15, -0.1) is 0 Å². The van der Waals surface area contributed by atoms with Crippen LogP contribution in [0.5, 0.6) is 11.5 Å². The van der Waals surface area contributed by atoms with E-state index >= 15 is 0 Å². The fourth-order valence-corrected chi connectivity index (χ4v) is 3.43. The maximum absolute atomic E-state index is 12.3. The van der Waals surface area contributed by atoms with E-state index < -0.39 is 16.1 Å². The molecular formula is C16H24N2O5S. The second kappa shape index (κ2) is 7.85. The molecule has 1 aliphatic rings. The summed E-state index contributed by atoms with van der Waals surface area (Å²) in [7, 11) is -1.78. The lowest BCUT2D eigenvalue weighted by Gasteiger charge is -2.33. The molecule has 0 aliphatic carbocycles. The Morgan fingerprint density at radius 2 is 1.75 bits per heavy atom. The SMILES string of the molecule is COc1ccc(OC2CCN(C(=O)[C@H](C)NS(C)(=O)=O)CC2)cc1. The van der Waals surface area contributed by atoms with Gasteiger partial charge in [-0.25, -0.2) is 13.1 Å². The fourth-order valence-electron chi connectivity index (χ4n) is 2.69. The third-order valence-corrected chi connectivity index (χ3v) is 4.66. The summed E-state index contributed by atoms with van der Waals surface area (Å²) in [6.07, 6.45) is 2.51. The number of rotatable bonds is 6. The minimum atomic E-state index is -3.40. The molecule has 1 fully saturated rings. The van der Waals surface area contributed by atoms with Crippen molar-refractivity contribution in [2.24, 2.45) is 0 Å². The second-order valence-corrected chi connectivity index (χ2v) is 7.71. The van der Waals surface area contributed by atoms with E-state index in [1.807, 2.05) is 24.3 Å². The number of amides is 1. The van der Waals surface area contributed by atoms with Gasteiger partial charge in [0.15, 0.2) is 0 Å². The molecular weight excluding hydrogens is 332 g/mol. The van der Waals surface area contributed by atoms with E-state index in [2.05, 4.69) is 4.72 Å². The van der Waals surface area contributed by atoms with Crippen LogP contribution in [0, 0.1) is 0 Å². The van der Waals surface area contributed by atoms with Gasteiger partial charge in [-0.2, -0.15) is 0 Å². The fraction of sp³-hybridized carbons (Fsp3) is 0.562. The first-order valence-electron chi connectivity index (χ1n) is 7.85. The summed E-state index contributed by atoms with van der Waals surface area (Å²) in [5, 5.41) is 0. The highest BCUT2D eigenvalue weighted by Crippen LogP contribution is 2.22. The molecule has 1 heterocycles. The molecule has 1 aliphatic heterocycles. The van der Waals surface area contributed by atoms with E-state index in [4.69, 9.17) is 9.47 Å². The van der Waals surface area contributed by atoms with Crippen molar-refractivity contribution in [1.29, 1.82) is 0 Å². The Kier molecular flexibility index (Phi) is 6.06. The predicted molar refractivity (Wildman–Crippen MR) is 90.7 cm³/mol. The highest BCUT2D eigenvalue weighted by molar-refractivity contribution is 7.88. The summed E-state index contributed by atoms with van der Waals surface area (Å²) in [5.41, 5.74) is 0. The van der Waals surface area contributed by atoms with Crippen LogP contribution in [0.2, 0.25) is 0 Å².